The van der Waals surface area contributed by atoms with Gasteiger partial charge in [0.2, 0.25) is 5.91 Å². The number of pyridine rings is 1. The maximum absolute atomic E-state index is 14.3. The molecule has 1 atom stereocenters. The van der Waals surface area contributed by atoms with Gasteiger partial charge in [-0.1, -0.05) is 36.4 Å². The van der Waals surface area contributed by atoms with Crippen molar-refractivity contribution < 1.29 is 93.5 Å². The Morgan fingerprint density at radius 3 is 1.67 bits per heavy atom. The fraction of sp³-hybridized carbons (Fsp3) is 0.500. The summed E-state index contributed by atoms with van der Waals surface area (Å²) in [6, 6.07) is 12.7. The lowest BCUT2D eigenvalue weighted by atomic mass is 9.84. The number of alkyl halides is 17. The lowest BCUT2D eigenvalue weighted by molar-refractivity contribution is -0.689. The van der Waals surface area contributed by atoms with Crippen molar-refractivity contribution >= 4 is 11.9 Å². The van der Waals surface area contributed by atoms with Gasteiger partial charge in [0.1, 0.15) is 0 Å². The van der Waals surface area contributed by atoms with Crippen molar-refractivity contribution in [1.82, 2.24) is 5.32 Å². The topological polar surface area (TPSA) is 59.3 Å². The summed E-state index contributed by atoms with van der Waals surface area (Å²) >= 11 is 0. The maximum Gasteiger partial charge on any atom is 0.460 e. The number of halogens is 17. The fourth-order valence-corrected chi connectivity index (χ4v) is 4.91. The number of aromatic nitrogens is 1. The number of unbranched alkanes of at least 4 members (excludes halogenated alkanes) is 1. The Bertz CT molecular complexity index is 1610. The molecule has 3 rings (SSSR count). The fourth-order valence-electron chi connectivity index (χ4n) is 4.91. The molecule has 1 N–H and O–H groups in total. The number of allylic oxidation sites excluding steroid dienone is 1. The summed E-state index contributed by atoms with van der Waals surface area (Å²) in [5, 5.41) is 2.50. The highest BCUT2D eigenvalue weighted by Crippen LogP contribution is 2.64. The quantitative estimate of drug-likeness (QED) is 0.0858. The van der Waals surface area contributed by atoms with Gasteiger partial charge in [-0.15, -0.1) is 0 Å². The Labute approximate surface area is 281 Å². The summed E-state index contributed by atoms with van der Waals surface area (Å²) in [5.74, 6) is -59.5. The predicted octanol–water partition coefficient (Wildman–Crippen LogP) is 8.25. The van der Waals surface area contributed by atoms with Crippen LogP contribution in [0.1, 0.15) is 37.2 Å². The number of carbonyl (C=O) groups is 2. The highest BCUT2D eigenvalue weighted by atomic mass is 19.4. The minimum absolute atomic E-state index is 0.0102. The van der Waals surface area contributed by atoms with Crippen LogP contribution in [0, 0.1) is 0 Å². The Hall–Kier alpha value is -4.14. The van der Waals surface area contributed by atoms with Gasteiger partial charge in [0.25, 0.3) is 0 Å². The molecular weight excluding hydrogens is 759 g/mol. The van der Waals surface area contributed by atoms with Crippen molar-refractivity contribution in [2.24, 2.45) is 0 Å². The number of esters is 1. The lowest BCUT2D eigenvalue weighted by Gasteiger charge is -2.42. The first kappa shape index (κ1) is 42.3. The number of hydrogen-bond acceptors (Lipinski definition) is 3. The minimum Gasteiger partial charge on any atom is -0.462 e. The molecule has 0 spiro atoms. The van der Waals surface area contributed by atoms with Gasteiger partial charge in [-0.05, 0) is 18.4 Å². The van der Waals surface area contributed by atoms with E-state index >= 15 is 0 Å². The van der Waals surface area contributed by atoms with Crippen LogP contribution >= 0.6 is 0 Å². The molecule has 0 saturated carbocycles. The summed E-state index contributed by atoms with van der Waals surface area (Å²) in [5.41, 5.74) is 0.288. The van der Waals surface area contributed by atoms with Crippen LogP contribution in [0.4, 0.5) is 74.6 Å². The molecule has 290 valence electrons. The summed E-state index contributed by atoms with van der Waals surface area (Å²) in [7, 11) is 0. The number of amides is 1. The number of carbonyl (C=O) groups excluding carboxylic acids is 2. The molecule has 22 heteroatoms. The van der Waals surface area contributed by atoms with Gasteiger partial charge in [-0.25, -0.2) is 4.79 Å². The first-order valence-corrected chi connectivity index (χ1v) is 14.5. The van der Waals surface area contributed by atoms with E-state index in [2.05, 4.69) is 5.32 Å². The van der Waals surface area contributed by atoms with Gasteiger partial charge in [0.15, 0.2) is 18.9 Å². The summed E-state index contributed by atoms with van der Waals surface area (Å²) in [6.07, 6.45) is -10.1. The molecular formula is C30H24F17N2O3+. The SMILES string of the molecule is O=C1CC(c2ccccc2)C(C(=O)OCCCCC(F)(F)C(F)(F)C(F)(F)C(F)(F)C(F)(F)C(F)(F)C(F)(F)C(F)(F)F)=C(C[n+]2ccccc2)N1. The number of rotatable bonds is 15. The molecule has 1 unspecified atom stereocenters. The molecule has 52 heavy (non-hydrogen) atoms. The summed E-state index contributed by atoms with van der Waals surface area (Å²) in [6.45, 7) is -1.10. The van der Waals surface area contributed by atoms with Crippen molar-refractivity contribution in [3.8, 4) is 0 Å². The van der Waals surface area contributed by atoms with Crippen LogP contribution in [0.2, 0.25) is 0 Å². The van der Waals surface area contributed by atoms with Crippen LogP contribution in [0.25, 0.3) is 0 Å². The van der Waals surface area contributed by atoms with Gasteiger partial charge in [-0.3, -0.25) is 4.79 Å². The second kappa shape index (κ2) is 14.4. The molecule has 0 saturated heterocycles. The Balaban J connectivity index is 1.78. The molecule has 2 heterocycles. The van der Waals surface area contributed by atoms with Crippen molar-refractivity contribution in [3.63, 3.8) is 0 Å². The van der Waals surface area contributed by atoms with E-state index in [-0.39, 0.29) is 24.2 Å². The highest BCUT2D eigenvalue weighted by Gasteiger charge is 2.95. The van der Waals surface area contributed by atoms with E-state index < -0.39 is 91.3 Å². The van der Waals surface area contributed by atoms with Crippen LogP contribution in [-0.4, -0.2) is 66.1 Å². The molecule has 0 aliphatic carbocycles. The maximum atomic E-state index is 14.3. The Kier molecular flexibility index (Phi) is 11.7. The number of ether oxygens (including phenoxy) is 1. The summed E-state index contributed by atoms with van der Waals surface area (Å²) < 4.78 is 236. The van der Waals surface area contributed by atoms with Crippen LogP contribution in [0.15, 0.2) is 72.2 Å². The van der Waals surface area contributed by atoms with Gasteiger partial charge < -0.3 is 10.1 Å². The van der Waals surface area contributed by atoms with Gasteiger partial charge >= 0.3 is 53.6 Å². The van der Waals surface area contributed by atoms with Crippen LogP contribution in [-0.2, 0) is 20.9 Å². The highest BCUT2D eigenvalue weighted by molar-refractivity contribution is 5.95. The largest absolute Gasteiger partial charge is 0.462 e. The average molecular weight is 783 g/mol. The second-order valence-corrected chi connectivity index (χ2v) is 11.4. The van der Waals surface area contributed by atoms with Crippen molar-refractivity contribution in [2.45, 2.75) is 85.8 Å². The molecule has 5 nitrogen and oxygen atoms in total. The second-order valence-electron chi connectivity index (χ2n) is 11.4. The third-order valence-corrected chi connectivity index (χ3v) is 7.80. The van der Waals surface area contributed by atoms with Gasteiger partial charge in [0, 0.05) is 30.9 Å². The summed E-state index contributed by atoms with van der Waals surface area (Å²) in [4.78, 5) is 25.7. The normalized spacial score (nSPS) is 17.2. The lowest BCUT2D eigenvalue weighted by Crippen LogP contribution is -2.74. The van der Waals surface area contributed by atoms with E-state index in [4.69, 9.17) is 4.74 Å². The van der Waals surface area contributed by atoms with Crippen LogP contribution < -0.4 is 9.88 Å². The number of benzene rings is 1. The number of hydrogen-bond donors (Lipinski definition) is 1. The van der Waals surface area contributed by atoms with E-state index in [0.717, 1.165) is 0 Å². The van der Waals surface area contributed by atoms with Crippen LogP contribution in [0.5, 0.6) is 0 Å². The van der Waals surface area contributed by atoms with E-state index in [1.54, 1.807) is 60.9 Å². The smallest absolute Gasteiger partial charge is 0.460 e. The van der Waals surface area contributed by atoms with Crippen molar-refractivity contribution in [3.05, 3.63) is 77.8 Å². The molecule has 1 aliphatic rings. The zero-order valence-corrected chi connectivity index (χ0v) is 25.7. The molecule has 1 aromatic carbocycles. The zero-order chi connectivity index (χ0) is 39.8. The molecule has 1 aromatic heterocycles. The van der Waals surface area contributed by atoms with Gasteiger partial charge in [0.05, 0.1) is 17.9 Å². The molecule has 0 radical (unpaired) electrons. The first-order chi connectivity index (χ1) is 23.6. The van der Waals surface area contributed by atoms with Gasteiger partial charge in [-0.2, -0.15) is 79.2 Å². The molecule has 1 aliphatic heterocycles. The zero-order valence-electron chi connectivity index (χ0n) is 25.7. The molecule has 2 aromatic rings. The van der Waals surface area contributed by atoms with E-state index in [1.807, 2.05) is 0 Å². The van der Waals surface area contributed by atoms with Crippen molar-refractivity contribution in [2.75, 3.05) is 6.61 Å². The monoisotopic (exact) mass is 783 g/mol. The van der Waals surface area contributed by atoms with E-state index in [1.165, 1.54) is 4.57 Å². The average Bonchev–Trinajstić information content (AvgIpc) is 3.04. The van der Waals surface area contributed by atoms with E-state index in [0.29, 0.717) is 5.56 Å². The molecule has 0 bridgehead atoms. The predicted molar refractivity (Wildman–Crippen MR) is 141 cm³/mol. The Morgan fingerprint density at radius 2 is 1.15 bits per heavy atom. The minimum atomic E-state index is -8.70. The third kappa shape index (κ3) is 7.38. The van der Waals surface area contributed by atoms with Crippen molar-refractivity contribution in [1.29, 1.82) is 0 Å². The van der Waals surface area contributed by atoms with Crippen LogP contribution in [0.3, 0.4) is 0 Å². The Morgan fingerprint density at radius 1 is 0.673 bits per heavy atom. The third-order valence-electron chi connectivity index (χ3n) is 7.80. The molecule has 1 amide bonds. The van der Waals surface area contributed by atoms with E-state index in [9.17, 15) is 84.2 Å². The molecule has 0 fully saturated rings. The standard InChI is InChI=1S/C30H23F17N2O3/c31-23(32,24(33,34)25(35,36)26(37,38)27(39,40)28(41,42)29(43,44)30(45,46)47)11-5-8-14-52-22(51)21-18(17-9-3-1-4-10-17)15-20(50)48-19(21)16-49-12-6-2-7-13-49/h1-4,6-7,9-10,12-13,18H,5,8,11,14-16H2/p+1. The number of nitrogens with zero attached hydrogens (tertiary/aromatic N) is 1. The number of nitrogens with one attached hydrogen (secondary N) is 1. The first-order valence-electron chi connectivity index (χ1n) is 14.5.